The van der Waals surface area contributed by atoms with Gasteiger partial charge >= 0.3 is 6.18 Å². The summed E-state index contributed by atoms with van der Waals surface area (Å²) in [7, 11) is 0. The van der Waals surface area contributed by atoms with Gasteiger partial charge in [-0.15, -0.1) is 0 Å². The maximum Gasteiger partial charge on any atom is 0.394 e. The largest absolute Gasteiger partial charge is 0.493 e. The van der Waals surface area contributed by atoms with Gasteiger partial charge in [0.15, 0.2) is 0 Å². The molecule has 0 bridgehead atoms. The minimum Gasteiger partial charge on any atom is -0.493 e. The van der Waals surface area contributed by atoms with Gasteiger partial charge in [0.05, 0.1) is 24.4 Å². The van der Waals surface area contributed by atoms with Gasteiger partial charge in [-0.2, -0.15) is 13.2 Å². The second kappa shape index (κ2) is 7.37. The number of nitrogens with zero attached hydrogens (tertiary/aromatic N) is 2. The molecule has 0 saturated carbocycles. The Morgan fingerprint density at radius 1 is 1.15 bits per heavy atom. The molecule has 1 aromatic carbocycles. The second-order valence-corrected chi connectivity index (χ2v) is 6.18. The molecule has 136 valence electrons. The van der Waals surface area contributed by atoms with Crippen LogP contribution in [0, 0.1) is 5.92 Å². The van der Waals surface area contributed by atoms with E-state index in [0.717, 1.165) is 17.7 Å². The molecule has 1 N–H and O–H groups in total. The molecule has 1 unspecified atom stereocenters. The number of rotatable bonds is 5. The van der Waals surface area contributed by atoms with Crippen LogP contribution in [0.25, 0.3) is 10.8 Å². The van der Waals surface area contributed by atoms with Crippen molar-refractivity contribution in [2.75, 3.05) is 11.9 Å². The lowest BCUT2D eigenvalue weighted by atomic mass is 10.1. The van der Waals surface area contributed by atoms with Gasteiger partial charge in [-0.3, -0.25) is 0 Å². The maximum atomic E-state index is 12.6. The van der Waals surface area contributed by atoms with E-state index < -0.39 is 18.7 Å². The van der Waals surface area contributed by atoms with E-state index in [9.17, 15) is 13.2 Å². The van der Waals surface area contributed by atoms with E-state index in [1.807, 2.05) is 0 Å². The van der Waals surface area contributed by atoms with Gasteiger partial charge in [-0.25, -0.2) is 9.97 Å². The molecule has 0 saturated heterocycles. The highest BCUT2D eigenvalue weighted by atomic mass is 35.5. The predicted molar refractivity (Wildman–Crippen MR) is 95.0 cm³/mol. The van der Waals surface area contributed by atoms with Crippen LogP contribution >= 0.6 is 11.6 Å². The first-order valence-electron chi connectivity index (χ1n) is 7.80. The molecule has 2 heterocycles. The van der Waals surface area contributed by atoms with Crippen molar-refractivity contribution in [3.8, 4) is 5.75 Å². The van der Waals surface area contributed by atoms with Crippen molar-refractivity contribution in [1.82, 2.24) is 9.97 Å². The van der Waals surface area contributed by atoms with E-state index in [-0.39, 0.29) is 0 Å². The van der Waals surface area contributed by atoms with E-state index in [0.29, 0.717) is 22.4 Å². The third kappa shape index (κ3) is 4.35. The van der Waals surface area contributed by atoms with Crippen molar-refractivity contribution < 1.29 is 17.9 Å². The first-order chi connectivity index (χ1) is 12.3. The quantitative estimate of drug-likeness (QED) is 0.584. The molecule has 0 fully saturated rings. The minimum absolute atomic E-state index is 0.374. The zero-order valence-electron chi connectivity index (χ0n) is 13.7. The summed E-state index contributed by atoms with van der Waals surface area (Å²) in [6, 6.07) is 10.3. The number of alkyl halides is 3. The Bertz CT molecular complexity index is 900. The Hall–Kier alpha value is -2.54. The zero-order chi connectivity index (χ0) is 18.7. The molecule has 26 heavy (non-hydrogen) atoms. The van der Waals surface area contributed by atoms with Crippen LogP contribution in [0.1, 0.15) is 6.92 Å². The Morgan fingerprint density at radius 3 is 2.65 bits per heavy atom. The fourth-order valence-electron chi connectivity index (χ4n) is 2.25. The summed E-state index contributed by atoms with van der Waals surface area (Å²) in [5, 5.41) is 5.12. The van der Waals surface area contributed by atoms with Gasteiger partial charge in [0.2, 0.25) is 0 Å². The monoisotopic (exact) mass is 381 g/mol. The minimum atomic E-state index is -4.27. The Balaban J connectivity index is 1.79. The van der Waals surface area contributed by atoms with Crippen molar-refractivity contribution in [2.45, 2.75) is 13.1 Å². The third-order valence-electron chi connectivity index (χ3n) is 3.78. The maximum absolute atomic E-state index is 12.6. The number of anilines is 2. The number of aromatic nitrogens is 2. The van der Waals surface area contributed by atoms with Gasteiger partial charge in [-0.05, 0) is 41.8 Å². The van der Waals surface area contributed by atoms with Crippen LogP contribution in [0.15, 0.2) is 48.8 Å². The van der Waals surface area contributed by atoms with Crippen molar-refractivity contribution in [1.29, 1.82) is 0 Å². The Morgan fingerprint density at radius 2 is 1.96 bits per heavy atom. The fourth-order valence-corrected chi connectivity index (χ4v) is 2.36. The molecule has 3 rings (SSSR count). The summed E-state index contributed by atoms with van der Waals surface area (Å²) in [5.41, 5.74) is 0.716. The topological polar surface area (TPSA) is 47.0 Å². The second-order valence-electron chi connectivity index (χ2n) is 5.79. The summed E-state index contributed by atoms with van der Waals surface area (Å²) in [6.07, 6.45) is -1.08. The van der Waals surface area contributed by atoms with Crippen LogP contribution in [0.3, 0.4) is 0 Å². The molecule has 2 aromatic heterocycles. The van der Waals surface area contributed by atoms with Crippen LogP contribution in [0.4, 0.5) is 24.7 Å². The van der Waals surface area contributed by atoms with E-state index in [2.05, 4.69) is 15.3 Å². The molecule has 0 aliphatic heterocycles. The van der Waals surface area contributed by atoms with Crippen molar-refractivity contribution in [3.63, 3.8) is 0 Å². The van der Waals surface area contributed by atoms with Gasteiger partial charge in [0, 0.05) is 11.6 Å². The van der Waals surface area contributed by atoms with Crippen LogP contribution < -0.4 is 10.1 Å². The number of fused-ring (bicyclic) bond motifs is 1. The highest BCUT2D eigenvalue weighted by molar-refractivity contribution is 6.29. The van der Waals surface area contributed by atoms with Gasteiger partial charge in [0.25, 0.3) is 0 Å². The Kier molecular flexibility index (Phi) is 5.18. The first kappa shape index (κ1) is 18.3. The van der Waals surface area contributed by atoms with Crippen LogP contribution in [0.2, 0.25) is 5.15 Å². The number of nitrogens with one attached hydrogen (secondary N) is 1. The average Bonchev–Trinajstić information content (AvgIpc) is 2.60. The zero-order valence-corrected chi connectivity index (χ0v) is 14.5. The molecule has 4 nitrogen and oxygen atoms in total. The van der Waals surface area contributed by atoms with Crippen LogP contribution in [-0.4, -0.2) is 22.8 Å². The molecule has 0 spiro atoms. The fraction of sp³-hybridized carbons (Fsp3) is 0.222. The number of hydrogen-bond donors (Lipinski definition) is 1. The number of pyridine rings is 2. The highest BCUT2D eigenvalue weighted by Gasteiger charge is 2.36. The first-order valence-corrected chi connectivity index (χ1v) is 8.17. The van der Waals surface area contributed by atoms with Crippen molar-refractivity contribution >= 4 is 33.9 Å². The summed E-state index contributed by atoms with van der Waals surface area (Å²) in [4.78, 5) is 8.29. The van der Waals surface area contributed by atoms with Gasteiger partial charge < -0.3 is 10.1 Å². The van der Waals surface area contributed by atoms with Gasteiger partial charge in [0.1, 0.15) is 16.7 Å². The molecular weight excluding hydrogens is 367 g/mol. The molecular formula is C18H15ClF3N3O. The number of benzene rings is 1. The summed E-state index contributed by atoms with van der Waals surface area (Å²) >= 11 is 5.77. The van der Waals surface area contributed by atoms with E-state index in [1.165, 1.54) is 0 Å². The van der Waals surface area contributed by atoms with Crippen molar-refractivity contribution in [2.24, 2.45) is 5.92 Å². The predicted octanol–water partition coefficient (Wildman–Crippen LogP) is 5.60. The molecule has 0 aliphatic rings. The number of halogens is 4. The molecule has 8 heteroatoms. The molecule has 1 atom stereocenters. The molecule has 3 aromatic rings. The number of hydrogen-bond acceptors (Lipinski definition) is 4. The smallest absolute Gasteiger partial charge is 0.394 e. The highest BCUT2D eigenvalue weighted by Crippen LogP contribution is 2.29. The molecule has 0 radical (unpaired) electrons. The Labute approximate surface area is 153 Å². The molecule has 0 aliphatic carbocycles. The van der Waals surface area contributed by atoms with Crippen molar-refractivity contribution in [3.05, 3.63) is 53.9 Å². The van der Waals surface area contributed by atoms with Gasteiger partial charge in [-0.1, -0.05) is 18.5 Å². The van der Waals surface area contributed by atoms with Crippen LogP contribution in [0.5, 0.6) is 5.75 Å². The van der Waals surface area contributed by atoms with Crippen LogP contribution in [-0.2, 0) is 0 Å². The third-order valence-corrected chi connectivity index (χ3v) is 4.01. The lowest BCUT2D eigenvalue weighted by Crippen LogP contribution is -2.25. The summed E-state index contributed by atoms with van der Waals surface area (Å²) in [5.74, 6) is -0.564. The molecule has 0 amide bonds. The summed E-state index contributed by atoms with van der Waals surface area (Å²) < 4.78 is 43.0. The van der Waals surface area contributed by atoms with E-state index in [1.54, 1.807) is 48.8 Å². The lowest BCUT2D eigenvalue weighted by Gasteiger charge is -2.16. The van der Waals surface area contributed by atoms with E-state index in [4.69, 9.17) is 16.3 Å². The lowest BCUT2D eigenvalue weighted by molar-refractivity contribution is -0.176. The van der Waals surface area contributed by atoms with E-state index >= 15 is 0 Å². The SMILES string of the molecule is CC(COc1ccc2c(Nc3ccc(Cl)nc3)nccc2c1)C(F)(F)F. The normalized spacial score (nSPS) is 12.8. The average molecular weight is 382 g/mol. The standard InChI is InChI=1S/C18H15ClF3N3O/c1-11(18(20,21)22)10-26-14-3-4-15-12(8-14)6-7-23-17(15)25-13-2-5-16(19)24-9-13/h2-9,11H,10H2,1H3,(H,23,25). The number of ether oxygens (including phenoxy) is 1. The summed E-state index contributed by atoms with van der Waals surface area (Å²) in [6.45, 7) is 0.661.